The monoisotopic (exact) mass is 268 g/mol. The van der Waals surface area contributed by atoms with Crippen molar-refractivity contribution in [2.24, 2.45) is 0 Å². The molecule has 0 radical (unpaired) electrons. The van der Waals surface area contributed by atoms with E-state index >= 15 is 0 Å². The molecular weight excluding hydrogens is 260 g/mol. The van der Waals surface area contributed by atoms with Crippen LogP contribution in [-0.4, -0.2) is 8.76 Å². The lowest BCUT2D eigenvalue weighted by molar-refractivity contribution is 0.482. The van der Waals surface area contributed by atoms with Gasteiger partial charge in [0.2, 0.25) is 0 Å². The van der Waals surface area contributed by atoms with Crippen LogP contribution >= 0.6 is 11.6 Å². The van der Waals surface area contributed by atoms with E-state index in [1.54, 1.807) is 48.5 Å². The second-order valence-electron chi connectivity index (χ2n) is 3.28. The van der Waals surface area contributed by atoms with Crippen molar-refractivity contribution in [3.05, 3.63) is 53.6 Å². The van der Waals surface area contributed by atoms with Crippen LogP contribution in [0, 0.1) is 0 Å². The first-order valence-electron chi connectivity index (χ1n) is 4.79. The predicted molar refractivity (Wildman–Crippen MR) is 67.0 cm³/mol. The molecule has 88 valence electrons. The van der Waals surface area contributed by atoms with Crippen molar-refractivity contribution in [3.8, 4) is 11.5 Å². The van der Waals surface area contributed by atoms with Gasteiger partial charge in [0, 0.05) is 5.02 Å². The standard InChI is InChI=1S/C12H9ClO3S/c13-9-1-3-10(4-2-9)16-11-5-7-12(8-6-11)17(14)15/h1-8H,(H,14,15). The molecule has 3 nitrogen and oxygen atoms in total. The molecule has 0 saturated carbocycles. The largest absolute Gasteiger partial charge is 0.457 e. The van der Waals surface area contributed by atoms with Gasteiger partial charge in [0.15, 0.2) is 11.1 Å². The van der Waals surface area contributed by atoms with E-state index in [9.17, 15) is 4.21 Å². The predicted octanol–water partition coefficient (Wildman–Crippen LogP) is 3.71. The molecule has 5 heteroatoms. The van der Waals surface area contributed by atoms with Gasteiger partial charge in [0.1, 0.15) is 11.5 Å². The van der Waals surface area contributed by atoms with Crippen LogP contribution in [0.1, 0.15) is 0 Å². The summed E-state index contributed by atoms with van der Waals surface area (Å²) < 4.78 is 25.1. The van der Waals surface area contributed by atoms with Gasteiger partial charge < -0.3 is 9.29 Å². The molecule has 1 N–H and O–H groups in total. The average molecular weight is 269 g/mol. The normalized spacial score (nSPS) is 12.1. The summed E-state index contributed by atoms with van der Waals surface area (Å²) >= 11 is 3.79. The first-order chi connectivity index (χ1) is 8.15. The van der Waals surface area contributed by atoms with Crippen molar-refractivity contribution in [1.29, 1.82) is 0 Å². The van der Waals surface area contributed by atoms with Crippen molar-refractivity contribution in [3.63, 3.8) is 0 Å². The SMILES string of the molecule is O=S(O)c1ccc(Oc2ccc(Cl)cc2)cc1. The summed E-state index contributed by atoms with van der Waals surface area (Å²) in [5.74, 6) is 1.26. The molecule has 1 unspecified atom stereocenters. The van der Waals surface area contributed by atoms with Crippen molar-refractivity contribution < 1.29 is 13.5 Å². The van der Waals surface area contributed by atoms with Gasteiger partial charge in [-0.3, -0.25) is 0 Å². The van der Waals surface area contributed by atoms with Gasteiger partial charge in [-0.15, -0.1) is 0 Å². The Bertz CT molecular complexity index is 522. The van der Waals surface area contributed by atoms with Crippen LogP contribution in [0.25, 0.3) is 0 Å². The van der Waals surface area contributed by atoms with Gasteiger partial charge in [-0.1, -0.05) is 11.6 Å². The van der Waals surface area contributed by atoms with E-state index < -0.39 is 11.1 Å². The van der Waals surface area contributed by atoms with E-state index in [4.69, 9.17) is 20.9 Å². The number of ether oxygens (including phenoxy) is 1. The highest BCUT2D eigenvalue weighted by molar-refractivity contribution is 7.79. The van der Waals surface area contributed by atoms with Crippen LogP contribution in [0.2, 0.25) is 5.02 Å². The minimum Gasteiger partial charge on any atom is -0.457 e. The third-order valence-corrected chi connectivity index (χ3v) is 3.00. The first kappa shape index (κ1) is 12.1. The molecule has 2 aromatic carbocycles. The number of hydrogen-bond acceptors (Lipinski definition) is 2. The maximum atomic E-state index is 10.8. The maximum absolute atomic E-state index is 10.8. The number of benzene rings is 2. The van der Waals surface area contributed by atoms with Crippen molar-refractivity contribution in [1.82, 2.24) is 0 Å². The molecule has 17 heavy (non-hydrogen) atoms. The Hall–Kier alpha value is -1.36. The average Bonchev–Trinajstić information content (AvgIpc) is 2.33. The third kappa shape index (κ3) is 3.30. The molecule has 1 atom stereocenters. The second-order valence-corrected chi connectivity index (χ2v) is 4.68. The van der Waals surface area contributed by atoms with Gasteiger partial charge in [-0.25, -0.2) is 4.21 Å². The minimum atomic E-state index is -1.96. The van der Waals surface area contributed by atoms with Crippen LogP contribution < -0.4 is 4.74 Å². The van der Waals surface area contributed by atoms with E-state index in [1.807, 2.05) is 0 Å². The van der Waals surface area contributed by atoms with Crippen molar-refractivity contribution in [2.75, 3.05) is 0 Å². The van der Waals surface area contributed by atoms with Gasteiger partial charge in [0.05, 0.1) is 4.90 Å². The summed E-state index contributed by atoms with van der Waals surface area (Å²) in [7, 11) is 0. The van der Waals surface area contributed by atoms with Gasteiger partial charge in [-0.2, -0.15) is 0 Å². The lowest BCUT2D eigenvalue weighted by atomic mass is 10.3. The Kier molecular flexibility index (Phi) is 3.78. The molecule has 0 bridgehead atoms. The Labute approximate surface area is 106 Å². The molecule has 0 fully saturated rings. The van der Waals surface area contributed by atoms with E-state index in [2.05, 4.69) is 0 Å². The van der Waals surface area contributed by atoms with E-state index in [0.29, 0.717) is 21.4 Å². The highest BCUT2D eigenvalue weighted by Gasteiger charge is 2.01. The molecule has 0 aliphatic carbocycles. The molecule has 2 aromatic rings. The molecule has 0 heterocycles. The highest BCUT2D eigenvalue weighted by Crippen LogP contribution is 2.23. The van der Waals surface area contributed by atoms with Crippen molar-refractivity contribution >= 4 is 22.7 Å². The fourth-order valence-electron chi connectivity index (χ4n) is 1.26. The molecule has 0 aliphatic rings. The topological polar surface area (TPSA) is 46.5 Å². The fraction of sp³-hybridized carbons (Fsp3) is 0. The van der Waals surface area contributed by atoms with E-state index in [-0.39, 0.29) is 0 Å². The van der Waals surface area contributed by atoms with Crippen LogP contribution in [0.15, 0.2) is 53.4 Å². The molecule has 0 spiro atoms. The lowest BCUT2D eigenvalue weighted by Crippen LogP contribution is -1.88. The summed E-state index contributed by atoms with van der Waals surface area (Å²) in [6.45, 7) is 0. The molecular formula is C12H9ClO3S. The maximum Gasteiger partial charge on any atom is 0.186 e. The summed E-state index contributed by atoms with van der Waals surface area (Å²) in [5.41, 5.74) is 0. The first-order valence-corrected chi connectivity index (χ1v) is 6.28. The molecule has 0 aromatic heterocycles. The Morgan fingerprint density at radius 3 is 1.88 bits per heavy atom. The Balaban J connectivity index is 2.13. The number of rotatable bonds is 3. The molecule has 0 amide bonds. The van der Waals surface area contributed by atoms with E-state index in [1.165, 1.54) is 0 Å². The number of halogens is 1. The fourth-order valence-corrected chi connectivity index (χ4v) is 1.76. The second kappa shape index (κ2) is 5.31. The quantitative estimate of drug-likeness (QED) is 0.863. The number of hydrogen-bond donors (Lipinski definition) is 1. The van der Waals surface area contributed by atoms with Gasteiger partial charge in [-0.05, 0) is 48.5 Å². The van der Waals surface area contributed by atoms with E-state index in [0.717, 1.165) is 0 Å². The smallest absolute Gasteiger partial charge is 0.186 e. The van der Waals surface area contributed by atoms with Crippen LogP contribution in [-0.2, 0) is 11.1 Å². The van der Waals surface area contributed by atoms with Crippen molar-refractivity contribution in [2.45, 2.75) is 4.90 Å². The summed E-state index contributed by atoms with van der Waals surface area (Å²) in [6.07, 6.45) is 0. The minimum absolute atomic E-state index is 0.341. The van der Waals surface area contributed by atoms with Gasteiger partial charge >= 0.3 is 0 Å². The molecule has 0 saturated heterocycles. The zero-order valence-corrected chi connectivity index (χ0v) is 10.2. The molecule has 0 aliphatic heterocycles. The zero-order valence-electron chi connectivity index (χ0n) is 8.67. The highest BCUT2D eigenvalue weighted by atomic mass is 35.5. The summed E-state index contributed by atoms with van der Waals surface area (Å²) in [4.78, 5) is 0.341. The van der Waals surface area contributed by atoms with Crippen LogP contribution in [0.5, 0.6) is 11.5 Å². The summed E-state index contributed by atoms with van der Waals surface area (Å²) in [5, 5.41) is 0.642. The van der Waals surface area contributed by atoms with Gasteiger partial charge in [0.25, 0.3) is 0 Å². The zero-order chi connectivity index (χ0) is 12.3. The Morgan fingerprint density at radius 1 is 0.941 bits per heavy atom. The Morgan fingerprint density at radius 2 is 1.41 bits per heavy atom. The molecule has 2 rings (SSSR count). The van der Waals surface area contributed by atoms with Crippen LogP contribution in [0.3, 0.4) is 0 Å². The lowest BCUT2D eigenvalue weighted by Gasteiger charge is -2.05. The van der Waals surface area contributed by atoms with Crippen LogP contribution in [0.4, 0.5) is 0 Å². The third-order valence-electron chi connectivity index (χ3n) is 2.07. The summed E-state index contributed by atoms with van der Waals surface area (Å²) in [6, 6.07) is 13.3.